The molecule has 0 saturated carbocycles. The van der Waals surface area contributed by atoms with Gasteiger partial charge >= 0.3 is 0 Å². The zero-order chi connectivity index (χ0) is 18.7. The number of thiocarbonyl (C=S) groups is 1. The summed E-state index contributed by atoms with van der Waals surface area (Å²) in [6.07, 6.45) is 0. The fourth-order valence-corrected chi connectivity index (χ4v) is 3.07. The second-order valence-electron chi connectivity index (χ2n) is 5.81. The van der Waals surface area contributed by atoms with Crippen LogP contribution in [0, 0.1) is 5.82 Å². The van der Waals surface area contributed by atoms with Crippen LogP contribution in [-0.2, 0) is 4.79 Å². The van der Waals surface area contributed by atoms with E-state index in [4.69, 9.17) is 17.0 Å². The smallest absolute Gasteiger partial charge is 0.255 e. The van der Waals surface area contributed by atoms with Crippen molar-refractivity contribution in [3.63, 3.8) is 0 Å². The van der Waals surface area contributed by atoms with Gasteiger partial charge in [-0.05, 0) is 61.1 Å². The van der Waals surface area contributed by atoms with Gasteiger partial charge in [0.05, 0.1) is 18.7 Å². The fourth-order valence-electron chi connectivity index (χ4n) is 2.80. The van der Waals surface area contributed by atoms with Crippen molar-refractivity contribution in [1.82, 2.24) is 10.6 Å². The number of rotatable bonds is 4. The van der Waals surface area contributed by atoms with Gasteiger partial charge in [0.2, 0.25) is 0 Å². The largest absolute Gasteiger partial charge is 0.497 e. The Hall–Kier alpha value is -2.93. The van der Waals surface area contributed by atoms with Gasteiger partial charge in [-0.3, -0.25) is 4.79 Å². The van der Waals surface area contributed by atoms with Crippen LogP contribution in [0.1, 0.15) is 18.5 Å². The molecule has 134 valence electrons. The number of ether oxygens (including phenoxy) is 1. The Morgan fingerprint density at radius 1 is 1.23 bits per heavy atom. The molecule has 1 amide bonds. The number of hydrogen-bond donors (Lipinski definition) is 3. The average Bonchev–Trinajstić information content (AvgIpc) is 2.63. The molecule has 7 heteroatoms. The molecule has 2 aromatic rings. The SMILES string of the molecule is COc1cccc(C2NC(=S)NC(C)=C2C(=O)Nc2ccc(F)cc2)c1. The van der Waals surface area contributed by atoms with E-state index in [1.807, 2.05) is 24.3 Å². The molecule has 3 rings (SSSR count). The summed E-state index contributed by atoms with van der Waals surface area (Å²) in [5.41, 5.74) is 2.50. The summed E-state index contributed by atoms with van der Waals surface area (Å²) in [4.78, 5) is 12.9. The first-order valence-electron chi connectivity index (χ1n) is 7.97. The van der Waals surface area contributed by atoms with E-state index < -0.39 is 6.04 Å². The zero-order valence-corrected chi connectivity index (χ0v) is 15.1. The first-order valence-corrected chi connectivity index (χ1v) is 8.38. The summed E-state index contributed by atoms with van der Waals surface area (Å²) in [5, 5.41) is 9.34. The molecule has 2 aromatic carbocycles. The first-order chi connectivity index (χ1) is 12.5. The molecule has 26 heavy (non-hydrogen) atoms. The van der Waals surface area contributed by atoms with E-state index in [0.717, 1.165) is 5.56 Å². The highest BCUT2D eigenvalue weighted by atomic mass is 32.1. The average molecular weight is 371 g/mol. The van der Waals surface area contributed by atoms with Crippen LogP contribution in [0.25, 0.3) is 0 Å². The van der Waals surface area contributed by atoms with Gasteiger partial charge in [-0.1, -0.05) is 12.1 Å². The Labute approximate surface area is 156 Å². The van der Waals surface area contributed by atoms with Gasteiger partial charge < -0.3 is 20.7 Å². The number of benzene rings is 2. The van der Waals surface area contributed by atoms with Crippen molar-refractivity contribution < 1.29 is 13.9 Å². The number of carbonyl (C=O) groups is 1. The third kappa shape index (κ3) is 3.83. The van der Waals surface area contributed by atoms with Crippen LogP contribution < -0.4 is 20.7 Å². The molecular weight excluding hydrogens is 353 g/mol. The number of hydrogen-bond acceptors (Lipinski definition) is 3. The summed E-state index contributed by atoms with van der Waals surface area (Å²) >= 11 is 5.24. The molecule has 0 radical (unpaired) electrons. The minimum absolute atomic E-state index is 0.301. The summed E-state index contributed by atoms with van der Waals surface area (Å²) in [7, 11) is 1.59. The molecule has 5 nitrogen and oxygen atoms in total. The lowest BCUT2D eigenvalue weighted by molar-refractivity contribution is -0.113. The Balaban J connectivity index is 1.94. The zero-order valence-electron chi connectivity index (χ0n) is 14.3. The lowest BCUT2D eigenvalue weighted by Crippen LogP contribution is -2.45. The van der Waals surface area contributed by atoms with Crippen LogP contribution in [-0.4, -0.2) is 18.1 Å². The summed E-state index contributed by atoms with van der Waals surface area (Å²) in [5.74, 6) is 0.0214. The van der Waals surface area contributed by atoms with Crippen molar-refractivity contribution in [2.24, 2.45) is 0 Å². The molecule has 1 unspecified atom stereocenters. The van der Waals surface area contributed by atoms with Crippen LogP contribution >= 0.6 is 12.2 Å². The number of nitrogens with one attached hydrogen (secondary N) is 3. The maximum absolute atomic E-state index is 13.1. The molecule has 0 spiro atoms. The van der Waals surface area contributed by atoms with E-state index in [1.165, 1.54) is 24.3 Å². The molecule has 1 heterocycles. The number of amides is 1. The van der Waals surface area contributed by atoms with Crippen LogP contribution in [0.4, 0.5) is 10.1 Å². The van der Waals surface area contributed by atoms with Crippen LogP contribution in [0.5, 0.6) is 5.75 Å². The molecule has 0 aromatic heterocycles. The number of methoxy groups -OCH3 is 1. The molecule has 0 fully saturated rings. The van der Waals surface area contributed by atoms with E-state index in [9.17, 15) is 9.18 Å². The van der Waals surface area contributed by atoms with Crippen molar-refractivity contribution in [3.05, 3.63) is 71.2 Å². The Morgan fingerprint density at radius 2 is 1.96 bits per heavy atom. The van der Waals surface area contributed by atoms with Gasteiger partial charge in [-0.15, -0.1) is 0 Å². The van der Waals surface area contributed by atoms with Gasteiger partial charge in [-0.2, -0.15) is 0 Å². The quantitative estimate of drug-likeness (QED) is 0.720. The van der Waals surface area contributed by atoms with Crippen LogP contribution in [0.3, 0.4) is 0 Å². The van der Waals surface area contributed by atoms with Crippen molar-refractivity contribution in [3.8, 4) is 5.75 Å². The maximum atomic E-state index is 13.1. The lowest BCUT2D eigenvalue weighted by Gasteiger charge is -2.30. The molecule has 1 aliphatic rings. The predicted molar refractivity (Wildman–Crippen MR) is 102 cm³/mol. The predicted octanol–water partition coefficient (Wildman–Crippen LogP) is 3.27. The Kier molecular flexibility index (Phi) is 5.18. The standard InChI is InChI=1S/C19H18FN3O2S/c1-11-16(18(24)22-14-8-6-13(20)7-9-14)17(23-19(26)21-11)12-4-3-5-15(10-12)25-2/h3-10,17H,1-2H3,(H,22,24)(H2,21,23,26). The Morgan fingerprint density at radius 3 is 2.65 bits per heavy atom. The van der Waals surface area contributed by atoms with Gasteiger partial charge in [0.25, 0.3) is 5.91 Å². The highest BCUT2D eigenvalue weighted by Crippen LogP contribution is 2.29. The summed E-state index contributed by atoms with van der Waals surface area (Å²) in [6, 6.07) is 12.6. The minimum atomic E-state index is -0.431. The van der Waals surface area contributed by atoms with E-state index >= 15 is 0 Å². The molecule has 0 bridgehead atoms. The number of allylic oxidation sites excluding steroid dienone is 1. The van der Waals surface area contributed by atoms with Crippen molar-refractivity contribution in [1.29, 1.82) is 0 Å². The van der Waals surface area contributed by atoms with E-state index in [1.54, 1.807) is 14.0 Å². The minimum Gasteiger partial charge on any atom is -0.497 e. The molecule has 0 aliphatic carbocycles. The van der Waals surface area contributed by atoms with Crippen molar-refractivity contribution >= 4 is 28.9 Å². The molecule has 0 saturated heterocycles. The van der Waals surface area contributed by atoms with E-state index in [0.29, 0.717) is 27.8 Å². The summed E-state index contributed by atoms with van der Waals surface area (Å²) < 4.78 is 18.3. The van der Waals surface area contributed by atoms with Gasteiger partial charge in [0.15, 0.2) is 5.11 Å². The fraction of sp³-hybridized carbons (Fsp3) is 0.158. The number of halogens is 1. The molecule has 1 aliphatic heterocycles. The van der Waals surface area contributed by atoms with Gasteiger partial charge in [-0.25, -0.2) is 4.39 Å². The van der Waals surface area contributed by atoms with E-state index in [2.05, 4.69) is 16.0 Å². The second kappa shape index (κ2) is 7.53. The first kappa shape index (κ1) is 17.9. The van der Waals surface area contributed by atoms with Gasteiger partial charge in [0, 0.05) is 11.4 Å². The van der Waals surface area contributed by atoms with E-state index in [-0.39, 0.29) is 11.7 Å². The van der Waals surface area contributed by atoms with Crippen molar-refractivity contribution in [2.75, 3.05) is 12.4 Å². The molecule has 1 atom stereocenters. The highest BCUT2D eigenvalue weighted by Gasteiger charge is 2.30. The Bertz CT molecular complexity index is 881. The third-order valence-electron chi connectivity index (χ3n) is 4.04. The van der Waals surface area contributed by atoms with Crippen LogP contribution in [0.2, 0.25) is 0 Å². The van der Waals surface area contributed by atoms with Crippen LogP contribution in [0.15, 0.2) is 59.8 Å². The van der Waals surface area contributed by atoms with Gasteiger partial charge in [0.1, 0.15) is 11.6 Å². The molecule has 3 N–H and O–H groups in total. The van der Waals surface area contributed by atoms with Crippen molar-refractivity contribution in [2.45, 2.75) is 13.0 Å². The topological polar surface area (TPSA) is 62.4 Å². The number of carbonyl (C=O) groups excluding carboxylic acids is 1. The normalized spacial score (nSPS) is 16.6. The lowest BCUT2D eigenvalue weighted by atomic mass is 9.94. The molecular formula is C19H18FN3O2S. The maximum Gasteiger partial charge on any atom is 0.255 e. The third-order valence-corrected chi connectivity index (χ3v) is 4.26. The summed E-state index contributed by atoms with van der Waals surface area (Å²) in [6.45, 7) is 1.79. The second-order valence-corrected chi connectivity index (χ2v) is 6.22. The highest BCUT2D eigenvalue weighted by molar-refractivity contribution is 7.80. The monoisotopic (exact) mass is 371 g/mol. The number of anilines is 1.